The summed E-state index contributed by atoms with van der Waals surface area (Å²) in [4.78, 5) is 36.1. The number of nitrogens with zero attached hydrogens (tertiary/aromatic N) is 1. The molecule has 1 N–H and O–H groups in total. The highest BCUT2D eigenvalue weighted by Gasteiger charge is 2.28. The third-order valence-electron chi connectivity index (χ3n) is 4.40. The fraction of sp³-hybridized carbons (Fsp3) is 0.0909. The topological polar surface area (TPSA) is 98.5 Å². The second-order valence-electron chi connectivity index (χ2n) is 6.40. The van der Waals surface area contributed by atoms with Gasteiger partial charge in [0.2, 0.25) is 6.10 Å². The fourth-order valence-electron chi connectivity index (χ4n) is 2.85. The fourth-order valence-corrected chi connectivity index (χ4v) is 2.85. The summed E-state index contributed by atoms with van der Waals surface area (Å²) in [5.74, 6) is -1.98. The summed E-state index contributed by atoms with van der Waals surface area (Å²) in [5, 5.41) is 13.7. The smallest absolute Gasteiger partial charge is 0.339 e. The van der Waals surface area contributed by atoms with E-state index < -0.39 is 28.7 Å². The van der Waals surface area contributed by atoms with Gasteiger partial charge in [-0.25, -0.2) is 9.18 Å². The first-order valence-corrected chi connectivity index (χ1v) is 8.93. The van der Waals surface area contributed by atoms with Crippen LogP contribution in [-0.4, -0.2) is 16.8 Å². The molecule has 0 aromatic heterocycles. The molecule has 1 amide bonds. The molecule has 0 unspecified atom stereocenters. The lowest BCUT2D eigenvalue weighted by Crippen LogP contribution is -2.26. The van der Waals surface area contributed by atoms with Crippen molar-refractivity contribution in [2.45, 2.75) is 13.0 Å². The molecule has 0 saturated heterocycles. The van der Waals surface area contributed by atoms with Gasteiger partial charge in [0.05, 0.1) is 10.5 Å². The summed E-state index contributed by atoms with van der Waals surface area (Å²) in [6.45, 7) is 1.44. The molecular weight excluding hydrogens is 391 g/mol. The van der Waals surface area contributed by atoms with Crippen LogP contribution in [0.1, 0.15) is 27.6 Å². The molecule has 0 saturated carbocycles. The van der Waals surface area contributed by atoms with Gasteiger partial charge in [0.1, 0.15) is 5.82 Å². The Bertz CT molecular complexity index is 1080. The second-order valence-corrected chi connectivity index (χ2v) is 6.40. The van der Waals surface area contributed by atoms with Crippen LogP contribution in [0.25, 0.3) is 0 Å². The molecular formula is C22H17FN2O5. The van der Waals surface area contributed by atoms with Gasteiger partial charge in [-0.2, -0.15) is 0 Å². The van der Waals surface area contributed by atoms with Gasteiger partial charge < -0.3 is 10.1 Å². The van der Waals surface area contributed by atoms with Crippen molar-refractivity contribution < 1.29 is 23.6 Å². The zero-order valence-electron chi connectivity index (χ0n) is 15.9. The number of carbonyl (C=O) groups excluding carboxylic acids is 2. The van der Waals surface area contributed by atoms with Crippen molar-refractivity contribution in [3.8, 4) is 0 Å². The van der Waals surface area contributed by atoms with Crippen molar-refractivity contribution in [3.63, 3.8) is 0 Å². The Balaban J connectivity index is 1.89. The largest absolute Gasteiger partial charge is 0.444 e. The number of nitro benzene ring substituents is 1. The normalized spacial score (nSPS) is 11.4. The molecule has 0 aliphatic carbocycles. The number of benzene rings is 3. The van der Waals surface area contributed by atoms with Crippen LogP contribution in [0.2, 0.25) is 0 Å². The Hall–Kier alpha value is -4.07. The van der Waals surface area contributed by atoms with Crippen molar-refractivity contribution >= 4 is 23.3 Å². The van der Waals surface area contributed by atoms with E-state index in [0.29, 0.717) is 11.3 Å². The molecule has 3 aromatic rings. The van der Waals surface area contributed by atoms with E-state index in [1.165, 1.54) is 49.4 Å². The number of nitrogens with one attached hydrogen (secondary N) is 1. The summed E-state index contributed by atoms with van der Waals surface area (Å²) in [6.07, 6.45) is -1.32. The second kappa shape index (κ2) is 8.95. The highest BCUT2D eigenvalue weighted by Crippen LogP contribution is 2.26. The molecule has 3 aromatic carbocycles. The Morgan fingerprint density at radius 3 is 2.30 bits per heavy atom. The molecule has 30 heavy (non-hydrogen) atoms. The number of nitro groups is 1. The van der Waals surface area contributed by atoms with Crippen molar-refractivity contribution in [2.24, 2.45) is 0 Å². The number of esters is 1. The Morgan fingerprint density at radius 2 is 1.67 bits per heavy atom. The summed E-state index contributed by atoms with van der Waals surface area (Å²) >= 11 is 0. The van der Waals surface area contributed by atoms with Crippen molar-refractivity contribution in [1.29, 1.82) is 0 Å². The maximum atomic E-state index is 13.1. The first kappa shape index (κ1) is 20.7. The minimum absolute atomic E-state index is 0.0142. The number of hydrogen-bond acceptors (Lipinski definition) is 5. The molecule has 0 spiro atoms. The predicted molar refractivity (Wildman–Crippen MR) is 107 cm³/mol. The lowest BCUT2D eigenvalue weighted by molar-refractivity contribution is -0.385. The van der Waals surface area contributed by atoms with E-state index in [2.05, 4.69) is 5.32 Å². The number of amides is 1. The van der Waals surface area contributed by atoms with Crippen LogP contribution >= 0.6 is 0 Å². The monoisotopic (exact) mass is 408 g/mol. The molecule has 1 atom stereocenters. The van der Waals surface area contributed by atoms with Gasteiger partial charge in [-0.3, -0.25) is 14.9 Å². The van der Waals surface area contributed by atoms with Crippen molar-refractivity contribution in [1.82, 2.24) is 0 Å². The zero-order chi connectivity index (χ0) is 21.7. The first-order chi connectivity index (χ1) is 14.4. The van der Waals surface area contributed by atoms with Crippen LogP contribution < -0.4 is 5.32 Å². The van der Waals surface area contributed by atoms with Crippen molar-refractivity contribution in [3.05, 3.63) is 105 Å². The minimum Gasteiger partial charge on any atom is -0.444 e. The van der Waals surface area contributed by atoms with Gasteiger partial charge in [0, 0.05) is 22.9 Å². The van der Waals surface area contributed by atoms with Crippen LogP contribution in [0, 0.1) is 22.9 Å². The predicted octanol–water partition coefficient (Wildman–Crippen LogP) is 4.58. The molecule has 152 valence electrons. The Kier molecular flexibility index (Phi) is 6.17. The van der Waals surface area contributed by atoms with Gasteiger partial charge in [0.25, 0.3) is 11.6 Å². The van der Waals surface area contributed by atoms with E-state index in [-0.39, 0.29) is 16.8 Å². The zero-order valence-corrected chi connectivity index (χ0v) is 15.9. The highest BCUT2D eigenvalue weighted by atomic mass is 19.1. The number of halogens is 1. The van der Waals surface area contributed by atoms with Gasteiger partial charge in [0.15, 0.2) is 0 Å². The third kappa shape index (κ3) is 4.67. The maximum absolute atomic E-state index is 13.1. The van der Waals surface area contributed by atoms with Gasteiger partial charge in [-0.15, -0.1) is 0 Å². The average Bonchev–Trinajstić information content (AvgIpc) is 2.74. The number of carbonyl (C=O) groups is 2. The number of hydrogen-bond donors (Lipinski definition) is 1. The molecule has 0 aliphatic heterocycles. The minimum atomic E-state index is -1.32. The molecule has 0 heterocycles. The van der Waals surface area contributed by atoms with Crippen LogP contribution in [0.3, 0.4) is 0 Å². The standard InChI is InChI=1S/C22H17FN2O5/c1-14-18(8-5-9-19(14)25(28)29)22(27)30-20(15-6-3-2-4-7-15)21(26)24-17-12-10-16(23)11-13-17/h2-13,20H,1H3,(H,24,26)/t20-/m1/s1. The van der Waals surface area contributed by atoms with Crippen LogP contribution in [0.15, 0.2) is 72.8 Å². The summed E-state index contributed by atoms with van der Waals surface area (Å²) in [7, 11) is 0. The molecule has 0 radical (unpaired) electrons. The summed E-state index contributed by atoms with van der Waals surface area (Å²) in [6, 6.07) is 17.5. The number of ether oxygens (including phenoxy) is 1. The average molecular weight is 408 g/mol. The number of rotatable bonds is 6. The van der Waals surface area contributed by atoms with E-state index in [1.807, 2.05) is 0 Å². The van der Waals surface area contributed by atoms with Gasteiger partial charge >= 0.3 is 5.97 Å². The van der Waals surface area contributed by atoms with Crippen LogP contribution in [0.4, 0.5) is 15.8 Å². The lowest BCUT2D eigenvalue weighted by Gasteiger charge is -2.18. The van der Waals surface area contributed by atoms with Crippen LogP contribution in [0.5, 0.6) is 0 Å². The van der Waals surface area contributed by atoms with Crippen LogP contribution in [-0.2, 0) is 9.53 Å². The van der Waals surface area contributed by atoms with E-state index in [9.17, 15) is 24.1 Å². The first-order valence-electron chi connectivity index (χ1n) is 8.93. The van der Waals surface area contributed by atoms with E-state index in [4.69, 9.17) is 4.74 Å². The third-order valence-corrected chi connectivity index (χ3v) is 4.40. The molecule has 8 heteroatoms. The highest BCUT2D eigenvalue weighted by molar-refractivity contribution is 5.98. The van der Waals surface area contributed by atoms with Gasteiger partial charge in [-0.1, -0.05) is 36.4 Å². The molecule has 3 rings (SSSR count). The van der Waals surface area contributed by atoms with Gasteiger partial charge in [-0.05, 0) is 37.3 Å². The maximum Gasteiger partial charge on any atom is 0.339 e. The number of anilines is 1. The van der Waals surface area contributed by atoms with E-state index in [1.54, 1.807) is 30.3 Å². The lowest BCUT2D eigenvalue weighted by atomic mass is 10.1. The SMILES string of the molecule is Cc1c(C(=O)O[C@@H](C(=O)Nc2ccc(F)cc2)c2ccccc2)cccc1[N+](=O)[O-]. The molecule has 0 aliphatic rings. The Morgan fingerprint density at radius 1 is 1.00 bits per heavy atom. The van der Waals surface area contributed by atoms with E-state index in [0.717, 1.165) is 0 Å². The molecule has 0 fully saturated rings. The molecule has 0 bridgehead atoms. The summed E-state index contributed by atoms with van der Waals surface area (Å²) in [5.41, 5.74) is 0.632. The Labute approximate surface area is 171 Å². The van der Waals surface area contributed by atoms with Crippen molar-refractivity contribution in [2.75, 3.05) is 5.32 Å². The molecule has 7 nitrogen and oxygen atoms in total. The van der Waals surface area contributed by atoms with E-state index >= 15 is 0 Å². The summed E-state index contributed by atoms with van der Waals surface area (Å²) < 4.78 is 18.6. The quantitative estimate of drug-likeness (QED) is 0.366.